The van der Waals surface area contributed by atoms with Crippen LogP contribution in [0.4, 0.5) is 17.5 Å². The molecule has 0 saturated carbocycles. The number of fused-ring (bicyclic) bond motifs is 1. The molecule has 2 N–H and O–H groups in total. The van der Waals surface area contributed by atoms with Gasteiger partial charge in [0.15, 0.2) is 15.7 Å². The topological polar surface area (TPSA) is 120 Å². The highest BCUT2D eigenvalue weighted by Crippen LogP contribution is 2.34. The van der Waals surface area contributed by atoms with Crippen molar-refractivity contribution in [2.75, 3.05) is 29.6 Å². The van der Waals surface area contributed by atoms with Crippen LogP contribution in [-0.2, 0) is 26.4 Å². The summed E-state index contributed by atoms with van der Waals surface area (Å²) in [4.78, 5) is 8.64. The van der Waals surface area contributed by atoms with Gasteiger partial charge >= 0.3 is 0 Å². The molecule has 4 rings (SSSR count). The van der Waals surface area contributed by atoms with Crippen LogP contribution >= 0.6 is 11.6 Å². The van der Waals surface area contributed by atoms with Gasteiger partial charge in [-0.25, -0.2) is 13.4 Å². The molecule has 0 aliphatic carbocycles. The van der Waals surface area contributed by atoms with Crippen molar-refractivity contribution in [3.63, 3.8) is 0 Å². The van der Waals surface area contributed by atoms with Crippen molar-refractivity contribution in [3.8, 4) is 0 Å². The van der Waals surface area contributed by atoms with Crippen molar-refractivity contribution in [1.29, 1.82) is 0 Å². The minimum Gasteiger partial charge on any atom is -0.373 e. The molecule has 164 valence electrons. The molecule has 0 bridgehead atoms. The Morgan fingerprint density at radius 3 is 2.73 bits per heavy atom. The van der Waals surface area contributed by atoms with Gasteiger partial charge in [-0.05, 0) is 13.8 Å². The van der Waals surface area contributed by atoms with E-state index in [0.717, 1.165) is 5.69 Å². The predicted molar refractivity (Wildman–Crippen MR) is 113 cm³/mol. The summed E-state index contributed by atoms with van der Waals surface area (Å²) in [6, 6.07) is -0.194. The lowest BCUT2D eigenvalue weighted by atomic mass is 10.0. The fraction of sp³-hybridized carbons (Fsp3) is 0.611. The summed E-state index contributed by atoms with van der Waals surface area (Å²) in [6.45, 7) is 4.11. The lowest BCUT2D eigenvalue weighted by Gasteiger charge is -2.19. The van der Waals surface area contributed by atoms with Gasteiger partial charge in [0.05, 0.1) is 54.4 Å². The van der Waals surface area contributed by atoms with Gasteiger partial charge in [0, 0.05) is 19.2 Å². The highest BCUT2D eigenvalue weighted by molar-refractivity contribution is 7.91. The fourth-order valence-electron chi connectivity index (χ4n) is 3.65. The molecule has 0 spiro atoms. The number of ether oxygens (including phenoxy) is 2. The van der Waals surface area contributed by atoms with E-state index in [1.165, 1.54) is 6.20 Å². The second kappa shape index (κ2) is 8.29. The average Bonchev–Trinajstić information content (AvgIpc) is 3.37. The van der Waals surface area contributed by atoms with E-state index in [-0.39, 0.29) is 29.9 Å². The van der Waals surface area contributed by atoms with Gasteiger partial charge in [-0.1, -0.05) is 11.6 Å². The van der Waals surface area contributed by atoms with Crippen LogP contribution in [0, 0.1) is 5.92 Å². The molecule has 2 aromatic rings. The quantitative estimate of drug-likeness (QED) is 0.640. The Hall–Kier alpha value is -1.95. The lowest BCUT2D eigenvalue weighted by Crippen LogP contribution is -2.36. The van der Waals surface area contributed by atoms with Gasteiger partial charge < -0.3 is 20.1 Å². The Kier molecular flexibility index (Phi) is 5.88. The molecule has 10 nitrogen and oxygen atoms in total. The Balaban J connectivity index is 1.43. The summed E-state index contributed by atoms with van der Waals surface area (Å²) >= 11 is 6.28. The molecular weight excluding hydrogens is 432 g/mol. The highest BCUT2D eigenvalue weighted by Gasteiger charge is 2.49. The van der Waals surface area contributed by atoms with Crippen LogP contribution in [0.3, 0.4) is 0 Å². The molecule has 30 heavy (non-hydrogen) atoms. The zero-order chi connectivity index (χ0) is 21.5. The van der Waals surface area contributed by atoms with Gasteiger partial charge in [0.2, 0.25) is 5.95 Å². The second-order valence-electron chi connectivity index (χ2n) is 7.90. The van der Waals surface area contributed by atoms with Crippen LogP contribution in [0.1, 0.15) is 13.8 Å². The van der Waals surface area contributed by atoms with Gasteiger partial charge in [-0.15, -0.1) is 0 Å². The molecule has 0 amide bonds. The van der Waals surface area contributed by atoms with Crippen LogP contribution in [0.5, 0.6) is 0 Å². The molecule has 4 unspecified atom stereocenters. The third-order valence-electron chi connectivity index (χ3n) is 5.35. The van der Waals surface area contributed by atoms with E-state index < -0.39 is 15.1 Å². The average molecular weight is 457 g/mol. The van der Waals surface area contributed by atoms with Crippen molar-refractivity contribution in [2.24, 2.45) is 13.0 Å². The molecule has 2 aliphatic rings. The normalized spacial score (nSPS) is 26.2. The monoisotopic (exact) mass is 456 g/mol. The Morgan fingerprint density at radius 1 is 1.27 bits per heavy atom. The number of aromatic nitrogens is 4. The van der Waals surface area contributed by atoms with Crippen molar-refractivity contribution in [1.82, 2.24) is 19.7 Å². The largest absolute Gasteiger partial charge is 0.373 e. The smallest absolute Gasteiger partial charge is 0.229 e. The Bertz CT molecular complexity index is 1010. The first-order chi connectivity index (χ1) is 14.2. The van der Waals surface area contributed by atoms with Gasteiger partial charge in [-0.2, -0.15) is 10.1 Å². The maximum atomic E-state index is 12.3. The first-order valence-electron chi connectivity index (χ1n) is 9.72. The number of anilines is 3. The van der Waals surface area contributed by atoms with Crippen molar-refractivity contribution in [2.45, 2.75) is 37.3 Å². The van der Waals surface area contributed by atoms with E-state index in [1.807, 2.05) is 7.05 Å². The van der Waals surface area contributed by atoms with E-state index in [1.54, 1.807) is 30.9 Å². The van der Waals surface area contributed by atoms with E-state index in [2.05, 4.69) is 25.7 Å². The Labute approximate surface area is 180 Å². The molecule has 0 radical (unpaired) electrons. The van der Waals surface area contributed by atoms with E-state index in [4.69, 9.17) is 21.1 Å². The molecule has 12 heteroatoms. The van der Waals surface area contributed by atoms with E-state index in [9.17, 15) is 8.42 Å². The fourth-order valence-corrected chi connectivity index (χ4v) is 5.07. The maximum absolute atomic E-state index is 12.3. The summed E-state index contributed by atoms with van der Waals surface area (Å²) in [6.07, 6.45) is 4.44. The van der Waals surface area contributed by atoms with Crippen LogP contribution < -0.4 is 10.6 Å². The Morgan fingerprint density at radius 2 is 2.03 bits per heavy atom. The number of nitrogens with one attached hydrogen (secondary N) is 2. The zero-order valence-corrected chi connectivity index (χ0v) is 18.5. The summed E-state index contributed by atoms with van der Waals surface area (Å²) in [5.41, 5.74) is 0.753. The minimum atomic E-state index is -3.17. The molecule has 4 heterocycles. The molecule has 4 atom stereocenters. The molecule has 2 aliphatic heterocycles. The van der Waals surface area contributed by atoms with Crippen LogP contribution in [0.15, 0.2) is 18.6 Å². The van der Waals surface area contributed by atoms with Crippen molar-refractivity contribution in [3.05, 3.63) is 23.6 Å². The van der Waals surface area contributed by atoms with Crippen LogP contribution in [0.2, 0.25) is 5.02 Å². The molecule has 2 aromatic heterocycles. The number of halogens is 1. The number of rotatable bonds is 7. The van der Waals surface area contributed by atoms with Crippen molar-refractivity contribution < 1.29 is 17.9 Å². The third-order valence-corrected chi connectivity index (χ3v) is 7.95. The third kappa shape index (κ3) is 4.39. The van der Waals surface area contributed by atoms with Gasteiger partial charge in [-0.3, -0.25) is 4.68 Å². The molecule has 0 aromatic carbocycles. The van der Waals surface area contributed by atoms with Gasteiger partial charge in [0.1, 0.15) is 11.1 Å². The van der Waals surface area contributed by atoms with E-state index >= 15 is 0 Å². The van der Waals surface area contributed by atoms with Crippen LogP contribution in [-0.4, -0.2) is 70.6 Å². The first-order valence-corrected chi connectivity index (χ1v) is 11.8. The lowest BCUT2D eigenvalue weighted by molar-refractivity contribution is 0.0656. The highest BCUT2D eigenvalue weighted by atomic mass is 35.5. The minimum absolute atomic E-state index is 0.0615. The summed E-state index contributed by atoms with van der Waals surface area (Å²) in [5.74, 6) is 0.706. The SMILES string of the molecule is CC(C)S(=O)(=O)CC1COC2C(Nc3nc(Nc4cnn(C)c4)ncc3Cl)COC12. The number of hydrogen-bond donors (Lipinski definition) is 2. The number of hydrogen-bond acceptors (Lipinski definition) is 9. The zero-order valence-electron chi connectivity index (χ0n) is 16.9. The molecular formula is C18H25ClN6O4S. The first kappa shape index (κ1) is 21.3. The summed E-state index contributed by atoms with van der Waals surface area (Å²) < 4.78 is 38.1. The second-order valence-corrected chi connectivity index (χ2v) is 10.9. The summed E-state index contributed by atoms with van der Waals surface area (Å²) in [5, 5.41) is 10.4. The molecule has 2 fully saturated rings. The van der Waals surface area contributed by atoms with Crippen molar-refractivity contribution >= 4 is 38.9 Å². The van der Waals surface area contributed by atoms with Crippen LogP contribution in [0.25, 0.3) is 0 Å². The summed E-state index contributed by atoms with van der Waals surface area (Å²) in [7, 11) is -1.36. The number of nitrogens with zero attached hydrogens (tertiary/aromatic N) is 4. The molecule has 2 saturated heterocycles. The predicted octanol–water partition coefficient (Wildman–Crippen LogP) is 1.62. The van der Waals surface area contributed by atoms with Gasteiger partial charge in [0.25, 0.3) is 0 Å². The van der Waals surface area contributed by atoms with E-state index in [0.29, 0.717) is 30.0 Å². The number of aryl methyl sites for hydroxylation is 1. The number of sulfone groups is 1. The standard InChI is InChI=1S/C18H25ClN6O4S/c1-10(2)30(26,27)9-11-7-28-16-14(8-29-15(11)16)23-17-13(19)5-20-18(24-17)22-12-4-21-25(3)6-12/h4-6,10-11,14-16H,7-9H2,1-3H3,(H2,20,22,23,24). The maximum Gasteiger partial charge on any atom is 0.229 e.